The first-order chi connectivity index (χ1) is 17.4. The molecule has 0 saturated carbocycles. The lowest BCUT2D eigenvalue weighted by atomic mass is 9.74. The third kappa shape index (κ3) is 4.21. The molecule has 36 heavy (non-hydrogen) atoms. The van der Waals surface area contributed by atoms with Gasteiger partial charge in [-0.25, -0.2) is 9.97 Å². The van der Waals surface area contributed by atoms with Gasteiger partial charge in [0.15, 0.2) is 0 Å². The molecule has 2 aromatic heterocycles. The standard InChI is InChI=1S/C26H25F3N6O/c27-26(28,29)36-19-3-1-2-17(12-19)14-32-18-4-5-22-21(13-18)25(7-10-30-11-8-25)15-35(22)24-20-6-9-31-23(20)33-16-34-24/h1-6,9,12-13,16,30,32H,7-8,10-11,14-15H2,(H,31,33,34). The molecule has 2 aromatic carbocycles. The Morgan fingerprint density at radius 3 is 2.75 bits per heavy atom. The number of rotatable bonds is 5. The van der Waals surface area contributed by atoms with Crippen molar-refractivity contribution in [3.05, 3.63) is 72.2 Å². The van der Waals surface area contributed by atoms with E-state index in [1.807, 2.05) is 18.3 Å². The summed E-state index contributed by atoms with van der Waals surface area (Å²) in [5.41, 5.74) is 4.82. The normalized spacial score (nSPS) is 16.9. The van der Waals surface area contributed by atoms with Crippen LogP contribution in [0, 0.1) is 0 Å². The molecule has 1 fully saturated rings. The van der Waals surface area contributed by atoms with E-state index in [9.17, 15) is 13.2 Å². The Balaban J connectivity index is 1.30. The van der Waals surface area contributed by atoms with Crippen molar-refractivity contribution in [3.8, 4) is 5.75 Å². The summed E-state index contributed by atoms with van der Waals surface area (Å²) in [5.74, 6) is 0.668. The van der Waals surface area contributed by atoms with Crippen molar-refractivity contribution in [2.75, 3.05) is 29.9 Å². The van der Waals surface area contributed by atoms with E-state index >= 15 is 0 Å². The van der Waals surface area contributed by atoms with Crippen LogP contribution in [0.15, 0.2) is 61.1 Å². The van der Waals surface area contributed by atoms with Crippen LogP contribution in [-0.2, 0) is 12.0 Å². The van der Waals surface area contributed by atoms with Crippen molar-refractivity contribution in [2.45, 2.75) is 31.2 Å². The Hall–Kier alpha value is -3.79. The van der Waals surface area contributed by atoms with Crippen molar-refractivity contribution in [1.82, 2.24) is 20.3 Å². The van der Waals surface area contributed by atoms with E-state index < -0.39 is 6.36 Å². The summed E-state index contributed by atoms with van der Waals surface area (Å²) in [7, 11) is 0. The van der Waals surface area contributed by atoms with Crippen LogP contribution < -0.4 is 20.3 Å². The molecule has 10 heteroatoms. The van der Waals surface area contributed by atoms with Gasteiger partial charge in [-0.15, -0.1) is 13.2 Å². The highest BCUT2D eigenvalue weighted by molar-refractivity contribution is 5.91. The molecule has 0 radical (unpaired) electrons. The SMILES string of the molecule is FC(F)(F)Oc1cccc(CNc2ccc3c(c2)C2(CCNCC2)CN3c2ncnc3[nH]ccc23)c1. The van der Waals surface area contributed by atoms with E-state index in [0.29, 0.717) is 12.1 Å². The molecular weight excluding hydrogens is 469 g/mol. The zero-order chi connectivity index (χ0) is 24.8. The van der Waals surface area contributed by atoms with E-state index in [0.717, 1.165) is 60.7 Å². The summed E-state index contributed by atoms with van der Waals surface area (Å²) in [4.78, 5) is 14.4. The fourth-order valence-corrected chi connectivity index (χ4v) is 5.43. The highest BCUT2D eigenvalue weighted by Crippen LogP contribution is 2.50. The molecule has 0 amide bonds. The van der Waals surface area contributed by atoms with Crippen molar-refractivity contribution >= 4 is 28.2 Å². The summed E-state index contributed by atoms with van der Waals surface area (Å²) in [5, 5.41) is 7.84. The molecule has 0 atom stereocenters. The minimum atomic E-state index is -4.71. The molecule has 0 aliphatic carbocycles. The largest absolute Gasteiger partial charge is 0.573 e. The number of nitrogens with one attached hydrogen (secondary N) is 3. The number of piperidine rings is 1. The smallest absolute Gasteiger partial charge is 0.406 e. The molecule has 6 rings (SSSR count). The number of halogens is 3. The van der Waals surface area contributed by atoms with Crippen molar-refractivity contribution in [1.29, 1.82) is 0 Å². The summed E-state index contributed by atoms with van der Waals surface area (Å²) in [6.07, 6.45) is 0.780. The Bertz CT molecular complexity index is 1400. The van der Waals surface area contributed by atoms with E-state index in [1.54, 1.807) is 18.5 Å². The quantitative estimate of drug-likeness (QED) is 0.352. The van der Waals surface area contributed by atoms with Gasteiger partial charge in [-0.3, -0.25) is 0 Å². The van der Waals surface area contributed by atoms with Gasteiger partial charge in [0.1, 0.15) is 23.5 Å². The van der Waals surface area contributed by atoms with Crippen LogP contribution in [0.5, 0.6) is 5.75 Å². The topological polar surface area (TPSA) is 78.1 Å². The van der Waals surface area contributed by atoms with Crippen LogP contribution in [0.4, 0.5) is 30.4 Å². The van der Waals surface area contributed by atoms with Gasteiger partial charge in [0.25, 0.3) is 0 Å². The number of fused-ring (bicyclic) bond motifs is 3. The number of anilines is 3. The average Bonchev–Trinajstić information content (AvgIpc) is 3.46. The first-order valence-electron chi connectivity index (χ1n) is 11.9. The van der Waals surface area contributed by atoms with Gasteiger partial charge in [-0.1, -0.05) is 12.1 Å². The van der Waals surface area contributed by atoms with Crippen LogP contribution >= 0.6 is 0 Å². The maximum Gasteiger partial charge on any atom is 0.573 e. The molecule has 4 heterocycles. The number of hydrogen-bond acceptors (Lipinski definition) is 6. The lowest BCUT2D eigenvalue weighted by molar-refractivity contribution is -0.274. The molecule has 2 aliphatic rings. The number of aromatic nitrogens is 3. The zero-order valence-electron chi connectivity index (χ0n) is 19.4. The van der Waals surface area contributed by atoms with Crippen molar-refractivity contribution < 1.29 is 17.9 Å². The lowest BCUT2D eigenvalue weighted by Gasteiger charge is -2.35. The number of H-pyrrole nitrogens is 1. The highest BCUT2D eigenvalue weighted by Gasteiger charge is 2.44. The molecule has 2 aliphatic heterocycles. The van der Waals surface area contributed by atoms with E-state index in [4.69, 9.17) is 0 Å². The molecule has 3 N–H and O–H groups in total. The summed E-state index contributed by atoms with van der Waals surface area (Å²) in [6.45, 7) is 3.10. The lowest BCUT2D eigenvalue weighted by Crippen LogP contribution is -2.42. The molecular formula is C26H25F3N6O. The van der Waals surface area contributed by atoms with Gasteiger partial charge in [-0.2, -0.15) is 0 Å². The Morgan fingerprint density at radius 1 is 1.06 bits per heavy atom. The minimum absolute atomic E-state index is 0.00762. The van der Waals surface area contributed by atoms with Crippen molar-refractivity contribution in [3.63, 3.8) is 0 Å². The number of aromatic amines is 1. The van der Waals surface area contributed by atoms with Crippen LogP contribution in [0.25, 0.3) is 11.0 Å². The zero-order valence-corrected chi connectivity index (χ0v) is 19.4. The monoisotopic (exact) mass is 494 g/mol. The molecule has 186 valence electrons. The third-order valence-electron chi connectivity index (χ3n) is 7.10. The fourth-order valence-electron chi connectivity index (χ4n) is 5.43. The predicted molar refractivity (Wildman–Crippen MR) is 132 cm³/mol. The van der Waals surface area contributed by atoms with Crippen LogP contribution in [0.3, 0.4) is 0 Å². The number of nitrogens with zero attached hydrogens (tertiary/aromatic N) is 3. The summed E-state index contributed by atoms with van der Waals surface area (Å²) >= 11 is 0. The van der Waals surface area contributed by atoms with Gasteiger partial charge < -0.3 is 25.3 Å². The van der Waals surface area contributed by atoms with Crippen LogP contribution in [0.2, 0.25) is 0 Å². The van der Waals surface area contributed by atoms with E-state index in [-0.39, 0.29) is 11.2 Å². The van der Waals surface area contributed by atoms with Gasteiger partial charge in [0.2, 0.25) is 0 Å². The molecule has 1 spiro atoms. The number of ether oxygens (including phenoxy) is 1. The Kier molecular flexibility index (Phi) is 5.48. The second-order valence-electron chi connectivity index (χ2n) is 9.33. The summed E-state index contributed by atoms with van der Waals surface area (Å²) in [6, 6.07) is 14.4. The first-order valence-corrected chi connectivity index (χ1v) is 11.9. The molecule has 7 nitrogen and oxygen atoms in total. The molecule has 0 unspecified atom stereocenters. The number of alkyl halides is 3. The molecule has 4 aromatic rings. The molecule has 1 saturated heterocycles. The van der Waals surface area contributed by atoms with Gasteiger partial charge >= 0.3 is 6.36 Å². The van der Waals surface area contributed by atoms with Crippen LogP contribution in [-0.4, -0.2) is 40.9 Å². The number of hydrogen-bond donors (Lipinski definition) is 3. The van der Waals surface area contributed by atoms with Gasteiger partial charge in [-0.05, 0) is 73.5 Å². The fraction of sp³-hybridized carbons (Fsp3) is 0.308. The second kappa shape index (κ2) is 8.70. The summed E-state index contributed by atoms with van der Waals surface area (Å²) < 4.78 is 41.8. The maximum absolute atomic E-state index is 12.6. The first kappa shape index (κ1) is 22.7. The number of benzene rings is 2. The van der Waals surface area contributed by atoms with Crippen LogP contribution in [0.1, 0.15) is 24.0 Å². The van der Waals surface area contributed by atoms with E-state index in [1.165, 1.54) is 17.7 Å². The second-order valence-corrected chi connectivity index (χ2v) is 9.33. The molecule has 0 bridgehead atoms. The highest BCUT2D eigenvalue weighted by atomic mass is 19.4. The third-order valence-corrected chi connectivity index (χ3v) is 7.10. The maximum atomic E-state index is 12.6. The predicted octanol–water partition coefficient (Wildman–Crippen LogP) is 5.24. The minimum Gasteiger partial charge on any atom is -0.406 e. The van der Waals surface area contributed by atoms with E-state index in [2.05, 4.69) is 47.4 Å². The Labute approximate surface area is 205 Å². The van der Waals surface area contributed by atoms with Crippen molar-refractivity contribution in [2.24, 2.45) is 0 Å². The van der Waals surface area contributed by atoms with Gasteiger partial charge in [0.05, 0.1) is 5.39 Å². The van der Waals surface area contributed by atoms with Gasteiger partial charge in [0, 0.05) is 36.1 Å². The average molecular weight is 495 g/mol. The Morgan fingerprint density at radius 2 is 1.92 bits per heavy atom.